The number of benzene rings is 1. The molecule has 0 aliphatic heterocycles. The van der Waals surface area contributed by atoms with E-state index in [9.17, 15) is 9.18 Å². The van der Waals surface area contributed by atoms with Crippen molar-refractivity contribution in [3.05, 3.63) is 29.6 Å². The van der Waals surface area contributed by atoms with Gasteiger partial charge in [0.1, 0.15) is 0 Å². The SMILES string of the molecule is COc1ccc(C(=O)CN(CCC#N)CC(C)C)cc1F. The summed E-state index contributed by atoms with van der Waals surface area (Å²) in [5.41, 5.74) is 0.319. The van der Waals surface area contributed by atoms with Gasteiger partial charge < -0.3 is 4.74 Å². The number of nitrogens with zero attached hydrogens (tertiary/aromatic N) is 2. The third kappa shape index (κ3) is 5.52. The predicted molar refractivity (Wildman–Crippen MR) is 78.8 cm³/mol. The standard InChI is InChI=1S/C16H21FN2O2/c1-12(2)10-19(8-4-7-18)11-15(20)13-5-6-16(21-3)14(17)9-13/h5-6,9,12H,4,8,10-11H2,1-3H3. The van der Waals surface area contributed by atoms with Gasteiger partial charge in [-0.25, -0.2) is 4.39 Å². The number of nitriles is 1. The van der Waals surface area contributed by atoms with E-state index >= 15 is 0 Å². The van der Waals surface area contributed by atoms with Gasteiger partial charge >= 0.3 is 0 Å². The van der Waals surface area contributed by atoms with Crippen LogP contribution in [-0.4, -0.2) is 37.4 Å². The number of hydrogen-bond donors (Lipinski definition) is 0. The van der Waals surface area contributed by atoms with Crippen molar-refractivity contribution < 1.29 is 13.9 Å². The van der Waals surface area contributed by atoms with Crippen LogP contribution in [-0.2, 0) is 0 Å². The number of Topliss-reactive ketones (excluding diaryl/α,β-unsaturated/α-hetero) is 1. The summed E-state index contributed by atoms with van der Waals surface area (Å²) in [4.78, 5) is 14.1. The topological polar surface area (TPSA) is 53.3 Å². The van der Waals surface area contributed by atoms with Gasteiger partial charge in [0, 0.05) is 25.1 Å². The molecule has 0 amide bonds. The quantitative estimate of drug-likeness (QED) is 0.691. The van der Waals surface area contributed by atoms with Gasteiger partial charge in [0.2, 0.25) is 0 Å². The maximum absolute atomic E-state index is 13.6. The molecular formula is C16H21FN2O2. The first-order valence-electron chi connectivity index (χ1n) is 6.94. The lowest BCUT2D eigenvalue weighted by molar-refractivity contribution is 0.0923. The zero-order valence-corrected chi connectivity index (χ0v) is 12.7. The first kappa shape index (κ1) is 17.1. The first-order chi connectivity index (χ1) is 9.97. The molecule has 0 fully saturated rings. The number of hydrogen-bond acceptors (Lipinski definition) is 4. The summed E-state index contributed by atoms with van der Waals surface area (Å²) in [7, 11) is 1.38. The monoisotopic (exact) mass is 292 g/mol. The summed E-state index contributed by atoms with van der Waals surface area (Å²) in [5.74, 6) is -0.190. The lowest BCUT2D eigenvalue weighted by Crippen LogP contribution is -2.33. The molecule has 0 bridgehead atoms. The molecule has 0 saturated carbocycles. The summed E-state index contributed by atoms with van der Waals surface area (Å²) < 4.78 is 18.5. The van der Waals surface area contributed by atoms with E-state index < -0.39 is 5.82 Å². The molecule has 0 aromatic heterocycles. The zero-order valence-electron chi connectivity index (χ0n) is 12.7. The Kier molecular flexibility index (Phi) is 6.83. The molecule has 0 radical (unpaired) electrons. The van der Waals surface area contributed by atoms with Crippen LogP contribution in [0.4, 0.5) is 4.39 Å². The molecule has 1 rings (SSSR count). The van der Waals surface area contributed by atoms with Crippen molar-refractivity contribution in [3.63, 3.8) is 0 Å². The van der Waals surface area contributed by atoms with Crippen molar-refractivity contribution >= 4 is 5.78 Å². The van der Waals surface area contributed by atoms with Crippen molar-refractivity contribution in [1.82, 2.24) is 4.90 Å². The van der Waals surface area contributed by atoms with Crippen molar-refractivity contribution in [1.29, 1.82) is 5.26 Å². The lowest BCUT2D eigenvalue weighted by atomic mass is 10.1. The van der Waals surface area contributed by atoms with Crippen LogP contribution in [0.5, 0.6) is 5.75 Å². The lowest BCUT2D eigenvalue weighted by Gasteiger charge is -2.22. The van der Waals surface area contributed by atoms with E-state index in [1.54, 1.807) is 6.07 Å². The Morgan fingerprint density at radius 3 is 2.71 bits per heavy atom. The normalized spacial score (nSPS) is 10.7. The summed E-state index contributed by atoms with van der Waals surface area (Å²) >= 11 is 0. The average Bonchev–Trinajstić information content (AvgIpc) is 2.43. The molecule has 4 nitrogen and oxygen atoms in total. The Balaban J connectivity index is 2.76. The molecule has 0 atom stereocenters. The van der Waals surface area contributed by atoms with Gasteiger partial charge in [-0.2, -0.15) is 5.26 Å². The number of carbonyl (C=O) groups excluding carboxylic acids is 1. The smallest absolute Gasteiger partial charge is 0.176 e. The second-order valence-electron chi connectivity index (χ2n) is 5.31. The molecule has 114 valence electrons. The van der Waals surface area contributed by atoms with Gasteiger partial charge in [-0.15, -0.1) is 0 Å². The molecule has 0 aliphatic carbocycles. The highest BCUT2D eigenvalue weighted by molar-refractivity contribution is 5.97. The van der Waals surface area contributed by atoms with Crippen molar-refractivity contribution in [2.75, 3.05) is 26.7 Å². The highest BCUT2D eigenvalue weighted by Gasteiger charge is 2.15. The zero-order chi connectivity index (χ0) is 15.8. The van der Waals surface area contributed by atoms with Crippen molar-refractivity contribution in [3.8, 4) is 11.8 Å². The third-order valence-corrected chi connectivity index (χ3v) is 3.00. The van der Waals surface area contributed by atoms with E-state index in [-0.39, 0.29) is 18.1 Å². The fraction of sp³-hybridized carbons (Fsp3) is 0.500. The molecule has 0 spiro atoms. The fourth-order valence-electron chi connectivity index (χ4n) is 2.09. The number of rotatable bonds is 8. The molecule has 21 heavy (non-hydrogen) atoms. The van der Waals surface area contributed by atoms with E-state index in [1.165, 1.54) is 19.2 Å². The van der Waals surface area contributed by atoms with Crippen LogP contribution >= 0.6 is 0 Å². The minimum Gasteiger partial charge on any atom is -0.494 e. The molecule has 0 unspecified atom stereocenters. The molecule has 1 aromatic rings. The third-order valence-electron chi connectivity index (χ3n) is 3.00. The second kappa shape index (κ2) is 8.38. The first-order valence-corrected chi connectivity index (χ1v) is 6.94. The van der Waals surface area contributed by atoms with E-state index in [1.807, 2.05) is 4.90 Å². The number of ketones is 1. The molecule has 0 aliphatic rings. The minimum atomic E-state index is -0.546. The van der Waals surface area contributed by atoms with Crippen molar-refractivity contribution in [2.24, 2.45) is 5.92 Å². The Labute approximate surface area is 125 Å². The van der Waals surface area contributed by atoms with Crippen LogP contribution in [0, 0.1) is 23.1 Å². The van der Waals surface area contributed by atoms with E-state index in [2.05, 4.69) is 19.9 Å². The van der Waals surface area contributed by atoms with Gasteiger partial charge in [-0.05, 0) is 24.1 Å². The number of carbonyl (C=O) groups is 1. The Morgan fingerprint density at radius 2 is 2.19 bits per heavy atom. The number of ether oxygens (including phenoxy) is 1. The molecule has 0 heterocycles. The van der Waals surface area contributed by atoms with Gasteiger partial charge in [-0.1, -0.05) is 13.8 Å². The molecule has 1 aromatic carbocycles. The Bertz CT molecular complexity index is 523. The average molecular weight is 292 g/mol. The molecular weight excluding hydrogens is 271 g/mol. The van der Waals surface area contributed by atoms with E-state index in [0.29, 0.717) is 24.4 Å². The maximum Gasteiger partial charge on any atom is 0.176 e. The Hall–Kier alpha value is -1.93. The molecule has 5 heteroatoms. The maximum atomic E-state index is 13.6. The predicted octanol–water partition coefficient (Wildman–Crippen LogP) is 2.89. The highest BCUT2D eigenvalue weighted by Crippen LogP contribution is 2.18. The van der Waals surface area contributed by atoms with Crippen LogP contribution in [0.2, 0.25) is 0 Å². The van der Waals surface area contributed by atoms with Gasteiger partial charge in [0.15, 0.2) is 17.3 Å². The Morgan fingerprint density at radius 1 is 1.48 bits per heavy atom. The summed E-state index contributed by atoms with van der Waals surface area (Å²) in [6.45, 7) is 5.56. The van der Waals surface area contributed by atoms with Crippen molar-refractivity contribution in [2.45, 2.75) is 20.3 Å². The fourth-order valence-corrected chi connectivity index (χ4v) is 2.09. The van der Waals surface area contributed by atoms with Gasteiger partial charge in [0.05, 0.1) is 19.7 Å². The van der Waals surface area contributed by atoms with Crippen LogP contribution < -0.4 is 4.74 Å². The van der Waals surface area contributed by atoms with Gasteiger partial charge in [0.25, 0.3) is 0 Å². The van der Waals surface area contributed by atoms with E-state index in [0.717, 1.165) is 6.54 Å². The molecule has 0 saturated heterocycles. The largest absolute Gasteiger partial charge is 0.494 e. The second-order valence-corrected chi connectivity index (χ2v) is 5.31. The summed E-state index contributed by atoms with van der Waals surface area (Å²) in [5, 5.41) is 8.67. The van der Waals surface area contributed by atoms with Gasteiger partial charge in [-0.3, -0.25) is 9.69 Å². The minimum absolute atomic E-state index is 0.120. The van der Waals surface area contributed by atoms with E-state index in [4.69, 9.17) is 10.00 Å². The number of methoxy groups -OCH3 is 1. The molecule has 0 N–H and O–H groups in total. The van der Waals surface area contributed by atoms with Crippen LogP contribution in [0.25, 0.3) is 0 Å². The summed E-state index contributed by atoms with van der Waals surface area (Å²) in [6, 6.07) is 6.28. The van der Waals surface area contributed by atoms with Crippen LogP contribution in [0.15, 0.2) is 18.2 Å². The highest BCUT2D eigenvalue weighted by atomic mass is 19.1. The van der Waals surface area contributed by atoms with Crippen LogP contribution in [0.1, 0.15) is 30.6 Å². The van der Waals surface area contributed by atoms with Crippen LogP contribution in [0.3, 0.4) is 0 Å². The summed E-state index contributed by atoms with van der Waals surface area (Å²) in [6.07, 6.45) is 0.372. The number of halogens is 1.